The Morgan fingerprint density at radius 2 is 1.96 bits per heavy atom. The van der Waals surface area contributed by atoms with E-state index in [1.807, 2.05) is 13.1 Å². The zero-order valence-electron chi connectivity index (χ0n) is 15.4. The van der Waals surface area contributed by atoms with Crippen LogP contribution in [0.3, 0.4) is 0 Å². The number of rotatable bonds is 3. The van der Waals surface area contributed by atoms with Gasteiger partial charge in [0.05, 0.1) is 6.10 Å². The molecule has 140 valence electrons. The van der Waals surface area contributed by atoms with Crippen molar-refractivity contribution in [2.24, 2.45) is 0 Å². The van der Waals surface area contributed by atoms with Crippen molar-refractivity contribution in [3.05, 3.63) is 65.2 Å². The second kappa shape index (κ2) is 6.36. The number of hydrogen-bond acceptors (Lipinski definition) is 4. The lowest BCUT2D eigenvalue weighted by molar-refractivity contribution is -0.172. The van der Waals surface area contributed by atoms with Gasteiger partial charge in [0.25, 0.3) is 0 Å². The number of ether oxygens (including phenoxy) is 1. The molecule has 1 fully saturated rings. The first-order chi connectivity index (χ1) is 13.1. The second-order valence-corrected chi connectivity index (χ2v) is 7.97. The third kappa shape index (κ3) is 2.73. The number of morpholine rings is 1. The summed E-state index contributed by atoms with van der Waals surface area (Å²) < 4.78 is 6.07. The molecule has 0 spiro atoms. The van der Waals surface area contributed by atoms with E-state index in [-0.39, 0.29) is 12.1 Å². The molecule has 5 heteroatoms. The molecule has 2 aromatic carbocycles. The highest BCUT2D eigenvalue weighted by molar-refractivity contribution is 5.73. The molecule has 0 bridgehead atoms. The fourth-order valence-electron chi connectivity index (χ4n) is 5.09. The van der Waals surface area contributed by atoms with Crippen molar-refractivity contribution in [1.29, 1.82) is 0 Å². The lowest BCUT2D eigenvalue weighted by Gasteiger charge is -2.46. The Morgan fingerprint density at radius 3 is 2.74 bits per heavy atom. The Kier molecular flexibility index (Phi) is 3.95. The van der Waals surface area contributed by atoms with Crippen LogP contribution in [0.15, 0.2) is 48.5 Å². The van der Waals surface area contributed by atoms with E-state index in [0.717, 1.165) is 19.5 Å². The number of nitrogens with zero attached hydrogens (tertiary/aromatic N) is 2. The molecule has 4 unspecified atom stereocenters. The molecule has 0 saturated carbocycles. The average Bonchev–Trinajstić information content (AvgIpc) is 3.02. The molecule has 4 atom stereocenters. The van der Waals surface area contributed by atoms with Gasteiger partial charge in [0.15, 0.2) is 6.10 Å². The third-order valence-corrected chi connectivity index (χ3v) is 6.31. The minimum atomic E-state index is -0.874. The van der Waals surface area contributed by atoms with E-state index >= 15 is 0 Å². The van der Waals surface area contributed by atoms with Gasteiger partial charge in [-0.15, -0.1) is 0 Å². The van der Waals surface area contributed by atoms with Gasteiger partial charge < -0.3 is 14.7 Å². The Balaban J connectivity index is 1.50. The molecule has 0 radical (unpaired) electrons. The molecule has 3 aliphatic rings. The van der Waals surface area contributed by atoms with Crippen molar-refractivity contribution in [1.82, 2.24) is 4.90 Å². The van der Waals surface area contributed by atoms with Gasteiger partial charge in [0.1, 0.15) is 0 Å². The van der Waals surface area contributed by atoms with Crippen molar-refractivity contribution in [2.75, 3.05) is 25.0 Å². The molecule has 1 saturated heterocycles. The quantitative estimate of drug-likeness (QED) is 0.907. The summed E-state index contributed by atoms with van der Waals surface area (Å²) in [6.07, 6.45) is 0.0983. The Hall–Kier alpha value is -2.37. The summed E-state index contributed by atoms with van der Waals surface area (Å²) in [7, 11) is 2.03. The van der Waals surface area contributed by atoms with Gasteiger partial charge in [0, 0.05) is 37.3 Å². The van der Waals surface area contributed by atoms with E-state index in [2.05, 4.69) is 52.3 Å². The predicted octanol–water partition coefficient (Wildman–Crippen LogP) is 3.02. The smallest absolute Gasteiger partial charge is 0.334 e. The molecule has 0 aromatic heterocycles. The zero-order valence-corrected chi connectivity index (χ0v) is 15.4. The lowest BCUT2D eigenvalue weighted by atomic mass is 9.78. The molecule has 5 rings (SSSR count). The van der Waals surface area contributed by atoms with Gasteiger partial charge in [-0.05, 0) is 36.2 Å². The first-order valence-electron chi connectivity index (χ1n) is 9.62. The number of aliphatic carboxylic acids is 1. The Bertz CT molecular complexity index is 869. The standard InChI is InChI=1S/C22H24N2O3/c1-23-13-19(22(25)26)27-21-16-8-5-9-17-20(16)15(10-18(21)23)12-24(17)11-14-6-3-2-4-7-14/h2-9,15,18-19,21H,10-13H2,1H3,(H,25,26). The van der Waals surface area contributed by atoms with Crippen molar-refractivity contribution >= 4 is 11.7 Å². The Morgan fingerprint density at radius 1 is 1.15 bits per heavy atom. The first-order valence-corrected chi connectivity index (χ1v) is 9.62. The van der Waals surface area contributed by atoms with Gasteiger partial charge in [-0.2, -0.15) is 0 Å². The van der Waals surface area contributed by atoms with Gasteiger partial charge >= 0.3 is 5.97 Å². The molecule has 0 amide bonds. The van der Waals surface area contributed by atoms with E-state index in [0.29, 0.717) is 12.5 Å². The van der Waals surface area contributed by atoms with Crippen LogP contribution in [0.2, 0.25) is 0 Å². The summed E-state index contributed by atoms with van der Waals surface area (Å²) >= 11 is 0. The van der Waals surface area contributed by atoms with Gasteiger partial charge in [-0.25, -0.2) is 4.79 Å². The van der Waals surface area contributed by atoms with Gasteiger partial charge in [-0.3, -0.25) is 4.90 Å². The number of carbonyl (C=O) groups is 1. The number of likely N-dealkylation sites (N-methyl/N-ethyl adjacent to an activating group) is 1. The van der Waals surface area contributed by atoms with E-state index in [1.165, 1.54) is 22.4 Å². The van der Waals surface area contributed by atoms with Crippen LogP contribution in [0, 0.1) is 0 Å². The first kappa shape index (κ1) is 16.8. The summed E-state index contributed by atoms with van der Waals surface area (Å²) in [4.78, 5) is 16.2. The second-order valence-electron chi connectivity index (χ2n) is 7.97. The highest BCUT2D eigenvalue weighted by atomic mass is 16.5. The van der Waals surface area contributed by atoms with Crippen molar-refractivity contribution in [3.8, 4) is 0 Å². The van der Waals surface area contributed by atoms with Crippen LogP contribution in [0.1, 0.15) is 35.1 Å². The number of benzene rings is 2. The number of carboxylic acids is 1. The third-order valence-electron chi connectivity index (χ3n) is 6.31. The Labute approximate surface area is 159 Å². The average molecular weight is 364 g/mol. The topological polar surface area (TPSA) is 53.0 Å². The highest BCUT2D eigenvalue weighted by Crippen LogP contribution is 2.51. The van der Waals surface area contributed by atoms with Crippen molar-refractivity contribution < 1.29 is 14.6 Å². The van der Waals surface area contributed by atoms with E-state index in [9.17, 15) is 9.90 Å². The molecular weight excluding hydrogens is 340 g/mol. The van der Waals surface area contributed by atoms with E-state index in [4.69, 9.17) is 4.74 Å². The molecule has 5 nitrogen and oxygen atoms in total. The summed E-state index contributed by atoms with van der Waals surface area (Å²) in [6.45, 7) is 2.37. The molecule has 27 heavy (non-hydrogen) atoms. The van der Waals surface area contributed by atoms with E-state index < -0.39 is 12.1 Å². The maximum atomic E-state index is 11.5. The summed E-state index contributed by atoms with van der Waals surface area (Å²) in [6, 6.07) is 17.2. The van der Waals surface area contributed by atoms with Crippen LogP contribution in [0.4, 0.5) is 5.69 Å². The largest absolute Gasteiger partial charge is 0.479 e. The predicted molar refractivity (Wildman–Crippen MR) is 103 cm³/mol. The maximum Gasteiger partial charge on any atom is 0.334 e. The fraction of sp³-hybridized carbons (Fsp3) is 0.409. The van der Waals surface area contributed by atoms with Crippen LogP contribution in [-0.2, 0) is 16.1 Å². The van der Waals surface area contributed by atoms with E-state index in [1.54, 1.807) is 0 Å². The normalized spacial score (nSPS) is 29.3. The minimum absolute atomic E-state index is 0.160. The van der Waals surface area contributed by atoms with Crippen molar-refractivity contribution in [3.63, 3.8) is 0 Å². The molecule has 1 aliphatic carbocycles. The molecule has 2 aromatic rings. The minimum Gasteiger partial charge on any atom is -0.479 e. The molecule has 1 N–H and O–H groups in total. The number of carboxylic acid groups (broad SMARTS) is 1. The van der Waals surface area contributed by atoms with Crippen molar-refractivity contribution in [2.45, 2.75) is 37.1 Å². The number of hydrogen-bond donors (Lipinski definition) is 1. The monoisotopic (exact) mass is 364 g/mol. The van der Waals surface area contributed by atoms with Crippen LogP contribution >= 0.6 is 0 Å². The molecule has 2 aliphatic heterocycles. The molecular formula is C22H24N2O3. The van der Waals surface area contributed by atoms with Crippen LogP contribution in [0.5, 0.6) is 0 Å². The summed E-state index contributed by atoms with van der Waals surface area (Å²) in [5.41, 5.74) is 5.14. The lowest BCUT2D eigenvalue weighted by Crippen LogP contribution is -2.53. The summed E-state index contributed by atoms with van der Waals surface area (Å²) in [5.74, 6) is -0.394. The number of anilines is 1. The highest BCUT2D eigenvalue weighted by Gasteiger charge is 2.47. The number of fused-ring (bicyclic) bond motifs is 2. The van der Waals surface area contributed by atoms with Gasteiger partial charge in [0.2, 0.25) is 0 Å². The molecule has 2 heterocycles. The van der Waals surface area contributed by atoms with Crippen LogP contribution < -0.4 is 4.90 Å². The van der Waals surface area contributed by atoms with Crippen LogP contribution in [0.25, 0.3) is 0 Å². The van der Waals surface area contributed by atoms with Gasteiger partial charge in [-0.1, -0.05) is 42.5 Å². The summed E-state index contributed by atoms with van der Waals surface area (Å²) in [5, 5.41) is 9.46. The maximum absolute atomic E-state index is 11.5. The SMILES string of the molecule is CN1CC(C(=O)O)OC2c3cccc4c3C(CC21)CN4Cc1ccccc1. The fourth-order valence-corrected chi connectivity index (χ4v) is 5.09. The van der Waals surface area contributed by atoms with Crippen LogP contribution in [-0.4, -0.2) is 48.3 Å². The zero-order chi connectivity index (χ0) is 18.5.